The molecule has 1 unspecified atom stereocenters. The molecule has 0 saturated heterocycles. The molecule has 0 spiro atoms. The van der Waals surface area contributed by atoms with Crippen LogP contribution in [0.1, 0.15) is 77.6 Å². The molecule has 0 fully saturated rings. The van der Waals surface area contributed by atoms with E-state index in [1.165, 1.54) is 38.5 Å². The Labute approximate surface area is 106 Å². The molecule has 0 saturated carbocycles. The molecule has 0 radical (unpaired) electrons. The Hall–Kier alpha value is -0.570. The Bertz CT molecular complexity index is 183. The van der Waals surface area contributed by atoms with Crippen LogP contribution in [-0.2, 0) is 4.79 Å². The van der Waals surface area contributed by atoms with Gasteiger partial charge in [0, 0.05) is 12.5 Å². The number of rotatable bonds is 12. The van der Waals surface area contributed by atoms with E-state index in [1.54, 1.807) is 0 Å². The summed E-state index contributed by atoms with van der Waals surface area (Å²) >= 11 is 0. The summed E-state index contributed by atoms with van der Waals surface area (Å²) in [6.45, 7) is 2.18. The monoisotopic (exact) mass is 243 g/mol. The predicted molar refractivity (Wildman–Crippen MR) is 72.1 cm³/mol. The van der Waals surface area contributed by atoms with Crippen molar-refractivity contribution in [2.45, 2.75) is 83.6 Å². The fourth-order valence-corrected chi connectivity index (χ4v) is 2.08. The van der Waals surface area contributed by atoms with Gasteiger partial charge < -0.3 is 10.8 Å². The number of hydrogen-bond donors (Lipinski definition) is 2. The van der Waals surface area contributed by atoms with E-state index in [0.29, 0.717) is 12.5 Å². The lowest BCUT2D eigenvalue weighted by atomic mass is 10.0. The summed E-state index contributed by atoms with van der Waals surface area (Å²) in [5.41, 5.74) is 5.94. The molecule has 0 bridgehead atoms. The molecule has 0 aliphatic carbocycles. The van der Waals surface area contributed by atoms with E-state index in [9.17, 15) is 4.79 Å². The van der Waals surface area contributed by atoms with Crippen molar-refractivity contribution in [2.75, 3.05) is 0 Å². The van der Waals surface area contributed by atoms with E-state index in [1.807, 2.05) is 0 Å². The minimum atomic E-state index is -0.671. The Morgan fingerprint density at radius 1 is 1.00 bits per heavy atom. The van der Waals surface area contributed by atoms with Gasteiger partial charge in [-0.3, -0.25) is 4.79 Å². The van der Waals surface area contributed by atoms with Gasteiger partial charge in [-0.1, -0.05) is 51.9 Å². The molecule has 0 aliphatic heterocycles. The van der Waals surface area contributed by atoms with Gasteiger partial charge in [-0.15, -0.1) is 0 Å². The van der Waals surface area contributed by atoms with Gasteiger partial charge in [0.2, 0.25) is 0 Å². The summed E-state index contributed by atoms with van der Waals surface area (Å²) in [6, 6.07) is 0.399. The standard InChI is InChI=1S/C14H29NO2/c1-2-10-13(15)11-8-6-4-3-5-7-9-12-14(16)17/h13H,2-12,15H2,1H3,(H,16,17). The summed E-state index contributed by atoms with van der Waals surface area (Å²) < 4.78 is 0. The number of carboxylic acids is 1. The quantitative estimate of drug-likeness (QED) is 0.514. The minimum absolute atomic E-state index is 0.325. The van der Waals surface area contributed by atoms with Crippen LogP contribution in [0.5, 0.6) is 0 Å². The topological polar surface area (TPSA) is 63.3 Å². The maximum absolute atomic E-state index is 10.3. The normalized spacial score (nSPS) is 12.6. The van der Waals surface area contributed by atoms with Crippen LogP contribution in [0, 0.1) is 0 Å². The molecule has 3 nitrogen and oxygen atoms in total. The van der Waals surface area contributed by atoms with Crippen molar-refractivity contribution >= 4 is 5.97 Å². The van der Waals surface area contributed by atoms with Gasteiger partial charge in [0.15, 0.2) is 0 Å². The van der Waals surface area contributed by atoms with Gasteiger partial charge in [0.25, 0.3) is 0 Å². The Kier molecular flexibility index (Phi) is 11.5. The highest BCUT2D eigenvalue weighted by atomic mass is 16.4. The van der Waals surface area contributed by atoms with Crippen molar-refractivity contribution in [3.8, 4) is 0 Å². The van der Waals surface area contributed by atoms with Crippen LogP contribution in [0.15, 0.2) is 0 Å². The zero-order valence-electron chi connectivity index (χ0n) is 11.3. The first kappa shape index (κ1) is 16.4. The lowest BCUT2D eigenvalue weighted by molar-refractivity contribution is -0.137. The summed E-state index contributed by atoms with van der Waals surface area (Å²) in [4.78, 5) is 10.3. The molecule has 0 rings (SSSR count). The maximum atomic E-state index is 10.3. The van der Waals surface area contributed by atoms with Gasteiger partial charge >= 0.3 is 5.97 Å². The van der Waals surface area contributed by atoms with E-state index >= 15 is 0 Å². The van der Waals surface area contributed by atoms with E-state index in [4.69, 9.17) is 10.8 Å². The lowest BCUT2D eigenvalue weighted by Crippen LogP contribution is -2.18. The Morgan fingerprint density at radius 3 is 2.06 bits per heavy atom. The molecule has 3 heteroatoms. The minimum Gasteiger partial charge on any atom is -0.481 e. The number of unbranched alkanes of at least 4 members (excludes halogenated alkanes) is 6. The van der Waals surface area contributed by atoms with Crippen LogP contribution in [-0.4, -0.2) is 17.1 Å². The third kappa shape index (κ3) is 13.4. The Balaban J connectivity index is 3.05. The highest BCUT2D eigenvalue weighted by Crippen LogP contribution is 2.11. The molecular formula is C14H29NO2. The average Bonchev–Trinajstić information content (AvgIpc) is 2.27. The molecular weight excluding hydrogens is 214 g/mol. The summed E-state index contributed by atoms with van der Waals surface area (Å²) in [5.74, 6) is -0.671. The van der Waals surface area contributed by atoms with Crippen molar-refractivity contribution in [2.24, 2.45) is 5.73 Å². The summed E-state index contributed by atoms with van der Waals surface area (Å²) in [6.07, 6.45) is 11.9. The fraction of sp³-hybridized carbons (Fsp3) is 0.929. The maximum Gasteiger partial charge on any atom is 0.303 e. The van der Waals surface area contributed by atoms with Gasteiger partial charge in [-0.05, 0) is 19.3 Å². The van der Waals surface area contributed by atoms with Crippen LogP contribution >= 0.6 is 0 Å². The Morgan fingerprint density at radius 2 is 1.53 bits per heavy atom. The largest absolute Gasteiger partial charge is 0.481 e. The number of carbonyl (C=O) groups is 1. The smallest absolute Gasteiger partial charge is 0.303 e. The lowest BCUT2D eigenvalue weighted by Gasteiger charge is -2.09. The third-order valence-corrected chi connectivity index (χ3v) is 3.13. The molecule has 0 aliphatic rings. The van der Waals surface area contributed by atoms with Gasteiger partial charge in [0.05, 0.1) is 0 Å². The first-order valence-corrected chi connectivity index (χ1v) is 7.14. The van der Waals surface area contributed by atoms with E-state index in [-0.39, 0.29) is 0 Å². The second-order valence-electron chi connectivity index (χ2n) is 4.96. The zero-order chi connectivity index (χ0) is 12.9. The van der Waals surface area contributed by atoms with Crippen molar-refractivity contribution in [3.63, 3.8) is 0 Å². The average molecular weight is 243 g/mol. The summed E-state index contributed by atoms with van der Waals surface area (Å²) in [5, 5.41) is 8.47. The van der Waals surface area contributed by atoms with Gasteiger partial charge in [0.1, 0.15) is 0 Å². The first-order valence-electron chi connectivity index (χ1n) is 7.14. The predicted octanol–water partition coefficient (Wildman–Crippen LogP) is 3.71. The second-order valence-corrected chi connectivity index (χ2v) is 4.96. The molecule has 0 heterocycles. The SMILES string of the molecule is CCCC(N)CCCCCCCCCC(=O)O. The van der Waals surface area contributed by atoms with Gasteiger partial charge in [-0.25, -0.2) is 0 Å². The number of hydrogen-bond acceptors (Lipinski definition) is 2. The van der Waals surface area contributed by atoms with E-state index in [0.717, 1.165) is 25.7 Å². The second kappa shape index (κ2) is 11.9. The van der Waals surface area contributed by atoms with Crippen molar-refractivity contribution in [3.05, 3.63) is 0 Å². The van der Waals surface area contributed by atoms with Crippen LogP contribution in [0.25, 0.3) is 0 Å². The molecule has 0 aromatic rings. The van der Waals surface area contributed by atoms with E-state index < -0.39 is 5.97 Å². The van der Waals surface area contributed by atoms with Crippen molar-refractivity contribution in [1.82, 2.24) is 0 Å². The van der Waals surface area contributed by atoms with E-state index in [2.05, 4.69) is 6.92 Å². The first-order chi connectivity index (χ1) is 8.16. The highest BCUT2D eigenvalue weighted by molar-refractivity contribution is 5.66. The van der Waals surface area contributed by atoms with Crippen LogP contribution in [0.3, 0.4) is 0 Å². The number of carboxylic acid groups (broad SMARTS) is 1. The summed E-state index contributed by atoms with van der Waals surface area (Å²) in [7, 11) is 0. The molecule has 17 heavy (non-hydrogen) atoms. The van der Waals surface area contributed by atoms with Crippen molar-refractivity contribution in [1.29, 1.82) is 0 Å². The fourth-order valence-electron chi connectivity index (χ4n) is 2.08. The third-order valence-electron chi connectivity index (χ3n) is 3.13. The molecule has 0 aromatic carbocycles. The van der Waals surface area contributed by atoms with Crippen LogP contribution < -0.4 is 5.73 Å². The zero-order valence-corrected chi connectivity index (χ0v) is 11.3. The van der Waals surface area contributed by atoms with Crippen molar-refractivity contribution < 1.29 is 9.90 Å². The van der Waals surface area contributed by atoms with Gasteiger partial charge in [-0.2, -0.15) is 0 Å². The van der Waals surface area contributed by atoms with Crippen LogP contribution in [0.2, 0.25) is 0 Å². The molecule has 3 N–H and O–H groups in total. The molecule has 1 atom stereocenters. The molecule has 102 valence electrons. The highest BCUT2D eigenvalue weighted by Gasteiger charge is 2.00. The number of nitrogens with two attached hydrogens (primary N) is 1. The number of aliphatic carboxylic acids is 1. The molecule has 0 amide bonds. The molecule has 0 aromatic heterocycles. The van der Waals surface area contributed by atoms with Crippen LogP contribution in [0.4, 0.5) is 0 Å².